The van der Waals surface area contributed by atoms with Gasteiger partial charge in [-0.25, -0.2) is 0 Å². The molecule has 7 heteroatoms. The quantitative estimate of drug-likeness (QED) is 0.445. The van der Waals surface area contributed by atoms with Gasteiger partial charge in [-0.3, -0.25) is 14.5 Å². The van der Waals surface area contributed by atoms with Gasteiger partial charge in [0.1, 0.15) is 11.4 Å². The molecular weight excluding hydrogens is 430 g/mol. The summed E-state index contributed by atoms with van der Waals surface area (Å²) < 4.78 is 10.6. The molecule has 2 amide bonds. The Hall–Kier alpha value is -3.32. The Labute approximate surface area is 201 Å². The summed E-state index contributed by atoms with van der Waals surface area (Å²) in [5, 5.41) is 3.24. The summed E-state index contributed by atoms with van der Waals surface area (Å²) in [6.07, 6.45) is 2.97. The van der Waals surface area contributed by atoms with Crippen LogP contribution in [0.4, 0.5) is 11.4 Å². The summed E-state index contributed by atoms with van der Waals surface area (Å²) in [6, 6.07) is 15.3. The number of benzene rings is 2. The van der Waals surface area contributed by atoms with Gasteiger partial charge in [0.25, 0.3) is 11.8 Å². The Bertz CT molecular complexity index is 1060. The topological polar surface area (TPSA) is 71.1 Å². The van der Waals surface area contributed by atoms with Crippen molar-refractivity contribution in [3.05, 3.63) is 59.8 Å². The zero-order chi connectivity index (χ0) is 24.1. The number of hydrogen-bond acceptors (Lipinski definition) is 6. The van der Waals surface area contributed by atoms with Crippen LogP contribution in [0.3, 0.4) is 0 Å². The number of anilines is 2. The molecule has 0 atom stereocenters. The van der Waals surface area contributed by atoms with Gasteiger partial charge >= 0.3 is 0 Å². The van der Waals surface area contributed by atoms with Crippen LogP contribution in [-0.2, 0) is 14.3 Å². The average Bonchev–Trinajstić information content (AvgIpc) is 3.09. The molecule has 180 valence electrons. The predicted octanol–water partition coefficient (Wildman–Crippen LogP) is 4.16. The Morgan fingerprint density at radius 1 is 0.971 bits per heavy atom. The van der Waals surface area contributed by atoms with Gasteiger partial charge in [0, 0.05) is 50.3 Å². The van der Waals surface area contributed by atoms with Crippen LogP contribution in [-0.4, -0.2) is 57.2 Å². The van der Waals surface area contributed by atoms with Gasteiger partial charge in [-0.1, -0.05) is 25.1 Å². The lowest BCUT2D eigenvalue weighted by Crippen LogP contribution is -2.34. The second-order valence-electron chi connectivity index (χ2n) is 8.90. The number of nitrogens with zero attached hydrogens (tertiary/aromatic N) is 2. The van der Waals surface area contributed by atoms with Crippen LogP contribution < -0.4 is 15.0 Å². The van der Waals surface area contributed by atoms with E-state index in [-0.39, 0.29) is 17.5 Å². The van der Waals surface area contributed by atoms with Gasteiger partial charge in [-0.15, -0.1) is 0 Å². The number of carbonyl (C=O) groups excluding carboxylic acids is 2. The fourth-order valence-corrected chi connectivity index (χ4v) is 4.53. The van der Waals surface area contributed by atoms with Crippen molar-refractivity contribution in [1.82, 2.24) is 4.90 Å². The predicted molar refractivity (Wildman–Crippen MR) is 134 cm³/mol. The highest BCUT2D eigenvalue weighted by Crippen LogP contribution is 2.35. The van der Waals surface area contributed by atoms with Crippen molar-refractivity contribution in [1.29, 1.82) is 0 Å². The number of hydrogen-bond donors (Lipinski definition) is 1. The zero-order valence-electron chi connectivity index (χ0n) is 20.2. The molecule has 2 aliphatic rings. The van der Waals surface area contributed by atoms with Crippen LogP contribution >= 0.6 is 0 Å². The van der Waals surface area contributed by atoms with Gasteiger partial charge in [0.05, 0.1) is 12.7 Å². The molecule has 0 unspecified atom stereocenters. The molecule has 0 bridgehead atoms. The lowest BCUT2D eigenvalue weighted by atomic mass is 9.99. The highest BCUT2D eigenvalue weighted by atomic mass is 16.5. The van der Waals surface area contributed by atoms with E-state index in [2.05, 4.69) is 29.3 Å². The maximum Gasteiger partial charge on any atom is 0.278 e. The highest BCUT2D eigenvalue weighted by molar-refractivity contribution is 6.37. The first-order valence-electron chi connectivity index (χ1n) is 11.9. The summed E-state index contributed by atoms with van der Waals surface area (Å²) in [7, 11) is 3.16. The van der Waals surface area contributed by atoms with Crippen molar-refractivity contribution in [3.8, 4) is 5.75 Å². The van der Waals surface area contributed by atoms with Crippen LogP contribution in [0.25, 0.3) is 5.57 Å². The third-order valence-corrected chi connectivity index (χ3v) is 6.56. The summed E-state index contributed by atoms with van der Waals surface area (Å²) in [5.74, 6) is 0.657. The standard InChI is InChI=1S/C27H33N3O4/c1-19-13-16-29(17-14-19)21-11-9-20(10-12-21)28-25-24(22-7-4-5-8-23(22)34-3)26(31)30(27(25)32)15-6-18-33-2/h4-5,7-12,19,28H,6,13-18H2,1-3H3. The lowest BCUT2D eigenvalue weighted by Gasteiger charge is -2.32. The maximum atomic E-state index is 13.4. The SMILES string of the molecule is COCCCN1C(=O)C(Nc2ccc(N3CCC(C)CC3)cc2)=C(c2ccccc2OC)C1=O. The molecule has 2 aliphatic heterocycles. The number of methoxy groups -OCH3 is 2. The lowest BCUT2D eigenvalue weighted by molar-refractivity contribution is -0.137. The number of para-hydroxylation sites is 1. The Morgan fingerprint density at radius 3 is 2.35 bits per heavy atom. The molecular formula is C27H33N3O4. The van der Waals surface area contributed by atoms with Crippen molar-refractivity contribution in [2.24, 2.45) is 5.92 Å². The van der Waals surface area contributed by atoms with Gasteiger partial charge in [-0.05, 0) is 55.5 Å². The number of carbonyl (C=O) groups is 2. The van der Waals surface area contributed by atoms with E-state index >= 15 is 0 Å². The number of piperidine rings is 1. The van der Waals surface area contributed by atoms with Crippen molar-refractivity contribution < 1.29 is 19.1 Å². The number of rotatable bonds is 9. The molecule has 2 heterocycles. The van der Waals surface area contributed by atoms with E-state index in [1.807, 2.05) is 24.3 Å². The minimum absolute atomic E-state index is 0.270. The van der Waals surface area contributed by atoms with Gasteiger partial charge in [0.15, 0.2) is 0 Å². The Balaban J connectivity index is 1.62. The van der Waals surface area contributed by atoms with Crippen LogP contribution in [0.15, 0.2) is 54.2 Å². The molecule has 1 N–H and O–H groups in total. The minimum Gasteiger partial charge on any atom is -0.496 e. The van der Waals surface area contributed by atoms with Gasteiger partial charge in [-0.2, -0.15) is 0 Å². The molecule has 34 heavy (non-hydrogen) atoms. The van der Waals surface area contributed by atoms with Crippen molar-refractivity contribution in [2.75, 3.05) is 50.7 Å². The monoisotopic (exact) mass is 463 g/mol. The molecule has 0 aromatic heterocycles. The number of ether oxygens (including phenoxy) is 2. The van der Waals surface area contributed by atoms with Crippen LogP contribution in [0.1, 0.15) is 31.7 Å². The normalized spacial score (nSPS) is 17.0. The van der Waals surface area contributed by atoms with Crippen molar-refractivity contribution >= 4 is 28.8 Å². The molecule has 7 nitrogen and oxygen atoms in total. The Morgan fingerprint density at radius 2 is 1.68 bits per heavy atom. The molecule has 1 fully saturated rings. The molecule has 0 spiro atoms. The second-order valence-corrected chi connectivity index (χ2v) is 8.90. The van der Waals surface area contributed by atoms with E-state index in [0.29, 0.717) is 36.5 Å². The zero-order valence-corrected chi connectivity index (χ0v) is 20.2. The number of nitrogens with one attached hydrogen (secondary N) is 1. The van der Waals surface area contributed by atoms with Crippen LogP contribution in [0.5, 0.6) is 5.75 Å². The maximum absolute atomic E-state index is 13.4. The fraction of sp³-hybridized carbons (Fsp3) is 0.407. The van der Waals surface area contributed by atoms with Gasteiger partial charge in [0.2, 0.25) is 0 Å². The first-order valence-corrected chi connectivity index (χ1v) is 11.9. The molecule has 2 aromatic rings. The summed E-state index contributed by atoms with van der Waals surface area (Å²) >= 11 is 0. The van der Waals surface area contributed by atoms with E-state index in [4.69, 9.17) is 9.47 Å². The minimum atomic E-state index is -0.337. The molecule has 1 saturated heterocycles. The molecule has 2 aromatic carbocycles. The van der Waals surface area contributed by atoms with Crippen molar-refractivity contribution in [2.45, 2.75) is 26.2 Å². The van der Waals surface area contributed by atoms with Gasteiger partial charge < -0.3 is 19.7 Å². The average molecular weight is 464 g/mol. The second kappa shape index (κ2) is 10.7. The summed E-state index contributed by atoms with van der Waals surface area (Å²) in [6.45, 7) is 5.18. The summed E-state index contributed by atoms with van der Waals surface area (Å²) in [4.78, 5) is 30.4. The third kappa shape index (κ3) is 4.94. The molecule has 0 saturated carbocycles. The van der Waals surface area contributed by atoms with Crippen LogP contribution in [0.2, 0.25) is 0 Å². The molecule has 0 aliphatic carbocycles. The van der Waals surface area contributed by atoms with E-state index in [0.717, 1.165) is 24.7 Å². The van der Waals surface area contributed by atoms with E-state index < -0.39 is 0 Å². The van der Waals surface area contributed by atoms with E-state index in [1.54, 1.807) is 26.4 Å². The van der Waals surface area contributed by atoms with Crippen molar-refractivity contribution in [3.63, 3.8) is 0 Å². The fourth-order valence-electron chi connectivity index (χ4n) is 4.53. The molecule has 4 rings (SSSR count). The third-order valence-electron chi connectivity index (χ3n) is 6.56. The largest absolute Gasteiger partial charge is 0.496 e. The summed E-state index contributed by atoms with van der Waals surface area (Å²) in [5.41, 5.74) is 3.13. The number of amides is 2. The smallest absolute Gasteiger partial charge is 0.278 e. The van der Waals surface area contributed by atoms with Crippen LogP contribution in [0, 0.1) is 5.92 Å². The van der Waals surface area contributed by atoms with E-state index in [1.165, 1.54) is 23.4 Å². The number of imide groups is 1. The van der Waals surface area contributed by atoms with E-state index in [9.17, 15) is 9.59 Å². The highest BCUT2D eigenvalue weighted by Gasteiger charge is 2.39. The molecule has 0 radical (unpaired) electrons. The first-order chi connectivity index (χ1) is 16.5. The first kappa shape index (κ1) is 23.8. The Kier molecular flexibility index (Phi) is 7.53.